The Balaban J connectivity index is 0. The summed E-state index contributed by atoms with van der Waals surface area (Å²) in [5, 5.41) is 31.7. The third kappa shape index (κ3) is 14.1. The number of hydrogen-bond donors (Lipinski definition) is 2. The van der Waals surface area contributed by atoms with Gasteiger partial charge in [0.25, 0.3) is 5.91 Å². The summed E-state index contributed by atoms with van der Waals surface area (Å²) >= 11 is 11.6. The summed E-state index contributed by atoms with van der Waals surface area (Å²) < 4.78 is 0. The first kappa shape index (κ1) is 28.6. The molecule has 1 aromatic heterocycles. The average molecular weight is 483 g/mol. The molecule has 0 aliphatic heterocycles. The number of carbonyl (C=O) groups excluding carboxylic acids is 3. The predicted molar refractivity (Wildman–Crippen MR) is 98.8 cm³/mol. The van der Waals surface area contributed by atoms with E-state index in [1.54, 1.807) is 12.1 Å². The fourth-order valence-electron chi connectivity index (χ4n) is 1.41. The van der Waals surface area contributed by atoms with Crippen LogP contribution >= 0.6 is 23.2 Å². The van der Waals surface area contributed by atoms with E-state index < -0.39 is 17.8 Å². The molecule has 2 aromatic rings. The van der Waals surface area contributed by atoms with Crippen molar-refractivity contribution in [1.82, 2.24) is 10.4 Å². The molecule has 1 heterocycles. The number of aromatic nitrogens is 1. The van der Waals surface area contributed by atoms with Gasteiger partial charge >= 0.3 is 17.1 Å². The number of hydrogen-bond acceptors (Lipinski definition) is 8. The molecule has 0 unspecified atom stereocenters. The van der Waals surface area contributed by atoms with E-state index in [2.05, 4.69) is 15.5 Å². The quantitative estimate of drug-likeness (QED) is 0.363. The number of rotatable bonds is 3. The number of carboxylic acid groups (broad SMARTS) is 2. The van der Waals surface area contributed by atoms with Gasteiger partial charge in [0.15, 0.2) is 0 Å². The van der Waals surface area contributed by atoms with Crippen molar-refractivity contribution in [2.75, 3.05) is 0 Å². The van der Waals surface area contributed by atoms with E-state index >= 15 is 0 Å². The molecule has 155 valence electrons. The molecular weight excluding hydrogens is 468 g/mol. The van der Waals surface area contributed by atoms with Crippen molar-refractivity contribution in [3.63, 3.8) is 0 Å². The molecule has 1 aromatic carbocycles. The molecular formula is C17H15Cl2MnN3O6. The summed E-state index contributed by atoms with van der Waals surface area (Å²) in [5.41, 5.74) is 3.04. The molecule has 0 saturated heterocycles. The molecule has 1 radical (unpaired) electrons. The van der Waals surface area contributed by atoms with E-state index in [-0.39, 0.29) is 27.8 Å². The first-order valence-corrected chi connectivity index (χ1v) is 8.06. The Morgan fingerprint density at radius 3 is 2.07 bits per heavy atom. The molecule has 0 saturated carbocycles. The van der Waals surface area contributed by atoms with Crippen molar-refractivity contribution in [2.24, 2.45) is 5.10 Å². The number of pyridine rings is 1. The topological polar surface area (TPSA) is 155 Å². The minimum Gasteiger partial charge on any atom is -0.550 e. The van der Waals surface area contributed by atoms with E-state index in [0.29, 0.717) is 16.1 Å². The number of amides is 1. The van der Waals surface area contributed by atoms with E-state index in [1.165, 1.54) is 30.7 Å². The number of carboxylic acids is 2. The Bertz CT molecular complexity index is 831. The standard InChI is InChI=1S/C13H9Cl2N3O2.2C2H4O2.Mn/c14-10-5-9(12(19)11(15)6-10)7-17-18-13(20)8-1-3-16-4-2-8;2*1-2(3)4;/h1-7,19H,(H,18,20);2*1H3,(H,3,4);/q;;;+2/p-2. The second-order valence-corrected chi connectivity index (χ2v) is 5.59. The minimum absolute atomic E-state index is 0. The predicted octanol–water partition coefficient (Wildman–Crippen LogP) is 0.368. The SMILES string of the molecule is CC(=O)[O-].CC(=O)[O-].O=C(NN=Cc1cc(Cl)cc(Cl)c1O)c1ccncc1.[Mn+2]. The monoisotopic (exact) mass is 482 g/mol. The summed E-state index contributed by atoms with van der Waals surface area (Å²) in [6, 6.07) is 5.99. The molecule has 0 aliphatic carbocycles. The first-order chi connectivity index (χ1) is 13.0. The molecule has 0 bridgehead atoms. The number of hydrazone groups is 1. The largest absolute Gasteiger partial charge is 2.00 e. The maximum atomic E-state index is 11.7. The van der Waals surface area contributed by atoms with Crippen LogP contribution in [0.2, 0.25) is 10.0 Å². The van der Waals surface area contributed by atoms with Gasteiger partial charge in [-0.25, -0.2) is 5.43 Å². The van der Waals surface area contributed by atoms with Gasteiger partial charge in [-0.05, 0) is 38.1 Å². The van der Waals surface area contributed by atoms with Crippen LogP contribution in [0.15, 0.2) is 41.8 Å². The van der Waals surface area contributed by atoms with Crippen LogP contribution in [0.4, 0.5) is 0 Å². The molecule has 29 heavy (non-hydrogen) atoms. The number of nitrogens with zero attached hydrogens (tertiary/aromatic N) is 2. The van der Waals surface area contributed by atoms with Gasteiger partial charge in [0.1, 0.15) is 5.75 Å². The number of carbonyl (C=O) groups is 3. The summed E-state index contributed by atoms with van der Waals surface area (Å²) in [4.78, 5) is 33.3. The number of halogens is 2. The van der Waals surface area contributed by atoms with Crippen molar-refractivity contribution in [2.45, 2.75) is 13.8 Å². The number of nitrogens with one attached hydrogen (secondary N) is 1. The second kappa shape index (κ2) is 15.3. The fourth-order valence-corrected chi connectivity index (χ4v) is 1.92. The minimum atomic E-state index is -1.08. The van der Waals surface area contributed by atoms with Crippen LogP contribution in [0.5, 0.6) is 5.75 Å². The van der Waals surface area contributed by atoms with E-state index in [1.807, 2.05) is 0 Å². The summed E-state index contributed by atoms with van der Waals surface area (Å²) in [6.07, 6.45) is 4.26. The molecule has 0 aliphatic rings. The van der Waals surface area contributed by atoms with Gasteiger partial charge in [-0.3, -0.25) is 9.78 Å². The van der Waals surface area contributed by atoms with Crippen molar-refractivity contribution in [3.05, 3.63) is 57.8 Å². The number of phenolic OH excluding ortho intramolecular Hbond substituents is 1. The maximum Gasteiger partial charge on any atom is 2.00 e. The fraction of sp³-hybridized carbons (Fsp3) is 0.118. The molecule has 0 fully saturated rings. The van der Waals surface area contributed by atoms with Crippen LogP contribution in [0.1, 0.15) is 29.8 Å². The van der Waals surface area contributed by atoms with E-state index in [4.69, 9.17) is 43.0 Å². The maximum absolute atomic E-state index is 11.7. The Morgan fingerprint density at radius 1 is 1.10 bits per heavy atom. The van der Waals surface area contributed by atoms with Gasteiger partial charge in [0, 0.05) is 40.5 Å². The zero-order valence-corrected chi connectivity index (χ0v) is 17.8. The molecule has 0 spiro atoms. The molecule has 9 nitrogen and oxygen atoms in total. The van der Waals surface area contributed by atoms with Gasteiger partial charge in [-0.2, -0.15) is 5.10 Å². The smallest absolute Gasteiger partial charge is 0.550 e. The molecule has 2 rings (SSSR count). The molecule has 12 heteroatoms. The normalized spacial score (nSPS) is 9.10. The summed E-state index contributed by atoms with van der Waals surface area (Å²) in [7, 11) is 0. The van der Waals surface area contributed by atoms with Crippen LogP contribution in [0, 0.1) is 0 Å². The third-order valence-electron chi connectivity index (χ3n) is 2.37. The van der Waals surface area contributed by atoms with Gasteiger partial charge in [0.05, 0.1) is 11.2 Å². The number of aliphatic carboxylic acids is 2. The van der Waals surface area contributed by atoms with Gasteiger partial charge < -0.3 is 24.9 Å². The van der Waals surface area contributed by atoms with Gasteiger partial charge in [-0.15, -0.1) is 0 Å². The zero-order chi connectivity index (χ0) is 21.7. The number of aromatic hydroxyl groups is 1. The number of benzene rings is 1. The Hall–Kier alpha value is -2.65. The summed E-state index contributed by atoms with van der Waals surface area (Å²) in [6.45, 7) is 1.94. The van der Waals surface area contributed by atoms with Gasteiger partial charge in [-0.1, -0.05) is 23.2 Å². The third-order valence-corrected chi connectivity index (χ3v) is 2.88. The van der Waals surface area contributed by atoms with E-state index in [0.717, 1.165) is 13.8 Å². The van der Waals surface area contributed by atoms with Crippen LogP contribution in [-0.4, -0.2) is 34.2 Å². The first-order valence-electron chi connectivity index (χ1n) is 7.31. The molecule has 0 atom stereocenters. The van der Waals surface area contributed by atoms with Crippen LogP contribution in [0.3, 0.4) is 0 Å². The Morgan fingerprint density at radius 2 is 1.59 bits per heavy atom. The van der Waals surface area contributed by atoms with Crippen molar-refractivity contribution >= 4 is 47.3 Å². The van der Waals surface area contributed by atoms with Crippen LogP contribution in [-0.2, 0) is 26.7 Å². The van der Waals surface area contributed by atoms with E-state index in [9.17, 15) is 9.90 Å². The van der Waals surface area contributed by atoms with Crippen molar-refractivity contribution in [3.8, 4) is 5.75 Å². The molecule has 2 N–H and O–H groups in total. The average Bonchev–Trinajstić information content (AvgIpc) is 2.58. The second-order valence-electron chi connectivity index (χ2n) is 4.74. The summed E-state index contributed by atoms with van der Waals surface area (Å²) in [5.74, 6) is -2.71. The molecule has 1 amide bonds. The van der Waals surface area contributed by atoms with Crippen LogP contribution in [0.25, 0.3) is 0 Å². The number of phenols is 1. The Labute approximate surface area is 186 Å². The Kier molecular flexibility index (Phi) is 15.1. The van der Waals surface area contributed by atoms with Crippen molar-refractivity contribution in [1.29, 1.82) is 0 Å². The van der Waals surface area contributed by atoms with Crippen molar-refractivity contribution < 1.29 is 46.8 Å². The van der Waals surface area contributed by atoms with Gasteiger partial charge in [0.2, 0.25) is 0 Å². The van der Waals surface area contributed by atoms with Crippen LogP contribution < -0.4 is 15.6 Å². The zero-order valence-electron chi connectivity index (χ0n) is 15.1.